The highest BCUT2D eigenvalue weighted by molar-refractivity contribution is 7.99. The summed E-state index contributed by atoms with van der Waals surface area (Å²) in [4.78, 5) is 0. The average molecular weight is 253 g/mol. The van der Waals surface area contributed by atoms with Crippen LogP contribution >= 0.6 is 11.8 Å². The van der Waals surface area contributed by atoms with Gasteiger partial charge in [0.25, 0.3) is 0 Å². The summed E-state index contributed by atoms with van der Waals surface area (Å²) in [7, 11) is 0. The summed E-state index contributed by atoms with van der Waals surface area (Å²) < 4.78 is 5.37. The summed E-state index contributed by atoms with van der Waals surface area (Å²) in [6.45, 7) is 1.48. The second-order valence-corrected chi connectivity index (χ2v) is 4.93. The van der Waals surface area contributed by atoms with E-state index in [-0.39, 0.29) is 0 Å². The zero-order chi connectivity index (χ0) is 12.5. The predicted molar refractivity (Wildman–Crippen MR) is 59.9 cm³/mol. The number of thioether (sulfide) groups is 1. The molecule has 5 unspecified atom stereocenters. The van der Waals surface area contributed by atoms with Crippen LogP contribution < -0.4 is 5.73 Å². The molecule has 1 saturated heterocycles. The topological polar surface area (TPSA) is 116 Å². The Kier molecular flexibility index (Phi) is 4.99. The smallest absolute Gasteiger partial charge is 0.132 e. The molecule has 0 aliphatic carbocycles. The maximum atomic E-state index is 9.71. The van der Waals surface area contributed by atoms with Crippen LogP contribution in [0.1, 0.15) is 6.92 Å². The standard InChI is InChI=1S/C9H19NO5S/c1-3(11)4(10)8-6(13)5(12)7(14)9(15-8)16-2/h3-9,11-14H,10H2,1-2H3/t3?,4?,5?,6?,7-,8?,9-/m1/s1. The number of hydrogen-bond donors (Lipinski definition) is 5. The van der Waals surface area contributed by atoms with Gasteiger partial charge >= 0.3 is 0 Å². The Morgan fingerprint density at radius 3 is 2.19 bits per heavy atom. The summed E-state index contributed by atoms with van der Waals surface area (Å²) in [6.07, 6.45) is -3.84. The third-order valence-corrected chi connectivity index (χ3v) is 3.63. The van der Waals surface area contributed by atoms with Crippen LogP contribution in [-0.2, 0) is 4.74 Å². The molecule has 16 heavy (non-hydrogen) atoms. The van der Waals surface area contributed by atoms with Crippen LogP contribution in [0.15, 0.2) is 0 Å². The van der Waals surface area contributed by atoms with Gasteiger partial charge in [-0.05, 0) is 13.2 Å². The highest BCUT2D eigenvalue weighted by Crippen LogP contribution is 2.28. The first-order valence-corrected chi connectivity index (χ1v) is 6.35. The van der Waals surface area contributed by atoms with E-state index in [1.165, 1.54) is 18.7 Å². The van der Waals surface area contributed by atoms with Crippen molar-refractivity contribution in [2.75, 3.05) is 6.26 Å². The van der Waals surface area contributed by atoms with Crippen molar-refractivity contribution >= 4 is 11.8 Å². The van der Waals surface area contributed by atoms with Gasteiger partial charge in [0.15, 0.2) is 0 Å². The molecule has 0 aromatic heterocycles. The van der Waals surface area contributed by atoms with Crippen molar-refractivity contribution < 1.29 is 25.2 Å². The van der Waals surface area contributed by atoms with Crippen LogP contribution in [-0.4, -0.2) is 68.7 Å². The normalized spacial score (nSPS) is 44.1. The third-order valence-electron chi connectivity index (χ3n) is 2.78. The fourth-order valence-electron chi connectivity index (χ4n) is 1.66. The lowest BCUT2D eigenvalue weighted by molar-refractivity contribution is -0.207. The highest BCUT2D eigenvalue weighted by Gasteiger charge is 2.46. The Hall–Kier alpha value is 0.110. The Labute approximate surface area is 98.4 Å². The number of rotatable bonds is 3. The number of nitrogens with two attached hydrogens (primary N) is 1. The van der Waals surface area contributed by atoms with Gasteiger partial charge in [0.05, 0.1) is 12.1 Å². The van der Waals surface area contributed by atoms with Gasteiger partial charge in [-0.25, -0.2) is 0 Å². The van der Waals surface area contributed by atoms with Crippen molar-refractivity contribution in [2.24, 2.45) is 5.73 Å². The summed E-state index contributed by atoms with van der Waals surface area (Å²) >= 11 is 1.21. The molecule has 0 amide bonds. The molecule has 96 valence electrons. The molecular formula is C9H19NO5S. The molecule has 1 heterocycles. The zero-order valence-electron chi connectivity index (χ0n) is 9.22. The van der Waals surface area contributed by atoms with Crippen LogP contribution in [0.2, 0.25) is 0 Å². The molecule has 6 nitrogen and oxygen atoms in total. The fourth-order valence-corrected chi connectivity index (χ4v) is 2.34. The zero-order valence-corrected chi connectivity index (χ0v) is 10.0. The Morgan fingerprint density at radius 1 is 1.19 bits per heavy atom. The molecule has 0 aromatic rings. The first-order valence-electron chi connectivity index (χ1n) is 5.06. The van der Waals surface area contributed by atoms with Gasteiger partial charge in [-0.2, -0.15) is 0 Å². The molecule has 0 spiro atoms. The Bertz CT molecular complexity index is 228. The van der Waals surface area contributed by atoms with Crippen molar-refractivity contribution in [3.8, 4) is 0 Å². The van der Waals surface area contributed by atoms with E-state index in [2.05, 4.69) is 0 Å². The van der Waals surface area contributed by atoms with Crippen LogP contribution in [0.4, 0.5) is 0 Å². The van der Waals surface area contributed by atoms with Gasteiger partial charge in [-0.1, -0.05) is 0 Å². The second kappa shape index (κ2) is 5.63. The SMILES string of the molecule is CS[C@H]1OC(C(N)C(C)O)C(O)C(O)[C@H]1O. The van der Waals surface area contributed by atoms with Gasteiger partial charge in [-0.15, -0.1) is 11.8 Å². The van der Waals surface area contributed by atoms with Crippen LogP contribution in [0, 0.1) is 0 Å². The molecule has 0 radical (unpaired) electrons. The lowest BCUT2D eigenvalue weighted by atomic mass is 9.93. The van der Waals surface area contributed by atoms with Gasteiger partial charge in [0.2, 0.25) is 0 Å². The fraction of sp³-hybridized carbons (Fsp3) is 1.00. The first kappa shape index (κ1) is 14.2. The maximum Gasteiger partial charge on any atom is 0.132 e. The quantitative estimate of drug-likeness (QED) is 0.390. The van der Waals surface area contributed by atoms with Crippen molar-refractivity contribution in [1.29, 1.82) is 0 Å². The molecule has 1 aliphatic rings. The lowest BCUT2D eigenvalue weighted by Crippen LogP contribution is -2.63. The van der Waals surface area contributed by atoms with Crippen molar-refractivity contribution in [3.63, 3.8) is 0 Å². The molecule has 0 saturated carbocycles. The number of aliphatic hydroxyl groups is 4. The Balaban J connectivity index is 2.78. The molecule has 6 N–H and O–H groups in total. The molecule has 0 bridgehead atoms. The van der Waals surface area contributed by atoms with Crippen molar-refractivity contribution in [1.82, 2.24) is 0 Å². The van der Waals surface area contributed by atoms with E-state index in [4.69, 9.17) is 10.5 Å². The molecule has 7 heteroatoms. The minimum atomic E-state index is -1.32. The average Bonchev–Trinajstić information content (AvgIpc) is 2.25. The van der Waals surface area contributed by atoms with Gasteiger partial charge in [0.1, 0.15) is 29.9 Å². The predicted octanol–water partition coefficient (Wildman–Crippen LogP) is -2.13. The van der Waals surface area contributed by atoms with Crippen LogP contribution in [0.5, 0.6) is 0 Å². The molecule has 7 atom stereocenters. The van der Waals surface area contributed by atoms with Crippen molar-refractivity contribution in [3.05, 3.63) is 0 Å². The monoisotopic (exact) mass is 253 g/mol. The molecule has 0 aromatic carbocycles. The molecule has 1 aliphatic heterocycles. The van der Waals surface area contributed by atoms with E-state index < -0.39 is 42.0 Å². The largest absolute Gasteiger partial charge is 0.392 e. The van der Waals surface area contributed by atoms with E-state index in [1.807, 2.05) is 0 Å². The van der Waals surface area contributed by atoms with E-state index in [0.29, 0.717) is 0 Å². The second-order valence-electron chi connectivity index (χ2n) is 3.99. The van der Waals surface area contributed by atoms with Gasteiger partial charge < -0.3 is 30.9 Å². The third kappa shape index (κ3) is 2.67. The van der Waals surface area contributed by atoms with E-state index in [9.17, 15) is 20.4 Å². The summed E-state index contributed by atoms with van der Waals surface area (Å²) in [5.74, 6) is 0. The maximum absolute atomic E-state index is 9.71. The minimum absolute atomic E-state index is 0.659. The minimum Gasteiger partial charge on any atom is -0.392 e. The molecular weight excluding hydrogens is 234 g/mol. The van der Waals surface area contributed by atoms with Crippen LogP contribution in [0.3, 0.4) is 0 Å². The Morgan fingerprint density at radius 2 is 1.75 bits per heavy atom. The van der Waals surface area contributed by atoms with Gasteiger partial charge in [0, 0.05) is 0 Å². The van der Waals surface area contributed by atoms with E-state index in [0.717, 1.165) is 0 Å². The number of aliphatic hydroxyl groups excluding tert-OH is 4. The highest BCUT2D eigenvalue weighted by atomic mass is 32.2. The van der Waals surface area contributed by atoms with Gasteiger partial charge in [-0.3, -0.25) is 0 Å². The van der Waals surface area contributed by atoms with E-state index >= 15 is 0 Å². The van der Waals surface area contributed by atoms with Crippen molar-refractivity contribution in [2.45, 2.75) is 48.9 Å². The number of ether oxygens (including phenoxy) is 1. The molecule has 1 fully saturated rings. The lowest BCUT2D eigenvalue weighted by Gasteiger charge is -2.42. The first-order chi connectivity index (χ1) is 7.40. The van der Waals surface area contributed by atoms with E-state index in [1.54, 1.807) is 6.26 Å². The summed E-state index contributed by atoms with van der Waals surface area (Å²) in [5, 5.41) is 38.2. The van der Waals surface area contributed by atoms with Crippen LogP contribution in [0.25, 0.3) is 0 Å². The number of hydrogen-bond acceptors (Lipinski definition) is 7. The summed E-state index contributed by atoms with van der Waals surface area (Å²) in [5.41, 5.74) is 5.01. The molecule has 1 rings (SSSR count). The summed E-state index contributed by atoms with van der Waals surface area (Å²) in [6, 6.07) is -0.813.